The molecule has 0 radical (unpaired) electrons. The van der Waals surface area contributed by atoms with Crippen LogP contribution in [-0.2, 0) is 10.0 Å². The first kappa shape index (κ1) is 14.5. The number of nitrogen functional groups attached to an aromatic ring is 1. The minimum absolute atomic E-state index is 0.0838. The van der Waals surface area contributed by atoms with Gasteiger partial charge in [0.05, 0.1) is 16.3 Å². The smallest absolute Gasteiger partial charge is 0.238 e. The molecular formula is C12H19N3O2S2. The van der Waals surface area contributed by atoms with E-state index in [9.17, 15) is 8.42 Å². The molecule has 1 aromatic rings. The van der Waals surface area contributed by atoms with E-state index in [1.807, 2.05) is 11.8 Å². The molecule has 1 unspecified atom stereocenters. The van der Waals surface area contributed by atoms with Crippen molar-refractivity contribution in [1.29, 1.82) is 0 Å². The minimum Gasteiger partial charge on any atom is -0.397 e. The van der Waals surface area contributed by atoms with Crippen LogP contribution in [0.4, 0.5) is 11.4 Å². The van der Waals surface area contributed by atoms with E-state index in [1.54, 1.807) is 6.07 Å². The average Bonchev–Trinajstić information content (AvgIpc) is 2.37. The van der Waals surface area contributed by atoms with Crippen LogP contribution in [0.25, 0.3) is 0 Å². The zero-order valence-electron chi connectivity index (χ0n) is 10.6. The molecule has 0 amide bonds. The van der Waals surface area contributed by atoms with Crippen molar-refractivity contribution in [3.8, 4) is 0 Å². The molecule has 1 aliphatic rings. The SMILES string of the molecule is Nc1ccc(S(N)(=O)=O)cc1NCC1CCCCS1. The van der Waals surface area contributed by atoms with Gasteiger partial charge in [0, 0.05) is 11.8 Å². The number of anilines is 2. The second-order valence-corrected chi connectivity index (χ2v) is 7.63. The minimum atomic E-state index is -3.69. The molecule has 0 spiro atoms. The Morgan fingerprint density at radius 1 is 1.37 bits per heavy atom. The zero-order chi connectivity index (χ0) is 13.9. The second kappa shape index (κ2) is 6.02. The van der Waals surface area contributed by atoms with Crippen molar-refractivity contribution in [2.45, 2.75) is 29.4 Å². The van der Waals surface area contributed by atoms with Gasteiger partial charge in [-0.25, -0.2) is 13.6 Å². The van der Waals surface area contributed by atoms with Crippen molar-refractivity contribution in [2.75, 3.05) is 23.3 Å². The number of primary sulfonamides is 1. The third-order valence-corrected chi connectivity index (χ3v) is 5.46. The van der Waals surface area contributed by atoms with E-state index in [-0.39, 0.29) is 4.90 Å². The number of rotatable bonds is 4. The van der Waals surface area contributed by atoms with Gasteiger partial charge >= 0.3 is 0 Å². The van der Waals surface area contributed by atoms with Crippen LogP contribution in [0.2, 0.25) is 0 Å². The highest BCUT2D eigenvalue weighted by Crippen LogP contribution is 2.27. The maximum atomic E-state index is 11.3. The number of nitrogens with two attached hydrogens (primary N) is 2. The molecule has 1 aliphatic heterocycles. The van der Waals surface area contributed by atoms with Crippen LogP contribution in [-0.4, -0.2) is 26.0 Å². The van der Waals surface area contributed by atoms with E-state index in [0.717, 1.165) is 6.54 Å². The Labute approximate surface area is 118 Å². The zero-order valence-corrected chi connectivity index (χ0v) is 12.3. The molecular weight excluding hydrogens is 282 g/mol. The number of hydrogen-bond donors (Lipinski definition) is 3. The monoisotopic (exact) mass is 301 g/mol. The van der Waals surface area contributed by atoms with Gasteiger partial charge in [0.2, 0.25) is 10.0 Å². The lowest BCUT2D eigenvalue weighted by Crippen LogP contribution is -2.21. The first-order chi connectivity index (χ1) is 8.97. The van der Waals surface area contributed by atoms with Crippen molar-refractivity contribution in [2.24, 2.45) is 5.14 Å². The lowest BCUT2D eigenvalue weighted by molar-refractivity contribution is 0.598. The number of sulfonamides is 1. The molecule has 2 rings (SSSR count). The maximum absolute atomic E-state index is 11.3. The second-order valence-electron chi connectivity index (χ2n) is 4.66. The summed E-state index contributed by atoms with van der Waals surface area (Å²) in [7, 11) is -3.69. The highest BCUT2D eigenvalue weighted by Gasteiger charge is 2.15. The first-order valence-electron chi connectivity index (χ1n) is 6.24. The number of thioether (sulfide) groups is 1. The van der Waals surface area contributed by atoms with E-state index >= 15 is 0 Å². The summed E-state index contributed by atoms with van der Waals surface area (Å²) in [5, 5.41) is 8.90. The summed E-state index contributed by atoms with van der Waals surface area (Å²) in [5.74, 6) is 1.19. The van der Waals surface area contributed by atoms with Gasteiger partial charge in [0.1, 0.15) is 0 Å². The van der Waals surface area contributed by atoms with Gasteiger partial charge in [-0.15, -0.1) is 0 Å². The van der Waals surface area contributed by atoms with E-state index in [2.05, 4.69) is 5.32 Å². The molecule has 0 aromatic heterocycles. The van der Waals surface area contributed by atoms with E-state index in [4.69, 9.17) is 10.9 Å². The third kappa shape index (κ3) is 4.02. The van der Waals surface area contributed by atoms with Crippen LogP contribution in [0.3, 0.4) is 0 Å². The van der Waals surface area contributed by atoms with Gasteiger partial charge in [-0.1, -0.05) is 6.42 Å². The van der Waals surface area contributed by atoms with Crippen molar-refractivity contribution < 1.29 is 8.42 Å². The molecule has 0 saturated carbocycles. The fourth-order valence-electron chi connectivity index (χ4n) is 2.06. The van der Waals surface area contributed by atoms with Crippen LogP contribution in [0.1, 0.15) is 19.3 Å². The highest BCUT2D eigenvalue weighted by molar-refractivity contribution is 7.99. The molecule has 0 bridgehead atoms. The van der Waals surface area contributed by atoms with Crippen LogP contribution in [0.5, 0.6) is 0 Å². The molecule has 106 valence electrons. The van der Waals surface area contributed by atoms with Gasteiger partial charge < -0.3 is 11.1 Å². The molecule has 1 atom stereocenters. The fourth-order valence-corrected chi connectivity index (χ4v) is 3.84. The van der Waals surface area contributed by atoms with Gasteiger partial charge in [-0.2, -0.15) is 11.8 Å². The summed E-state index contributed by atoms with van der Waals surface area (Å²) >= 11 is 1.95. The Kier molecular flexibility index (Phi) is 4.59. The van der Waals surface area contributed by atoms with Gasteiger partial charge in [-0.05, 0) is 36.8 Å². The normalized spacial score (nSPS) is 20.2. The molecule has 1 fully saturated rings. The third-order valence-electron chi connectivity index (χ3n) is 3.15. The van der Waals surface area contributed by atoms with Gasteiger partial charge in [-0.3, -0.25) is 0 Å². The van der Waals surface area contributed by atoms with Crippen LogP contribution < -0.4 is 16.2 Å². The molecule has 1 saturated heterocycles. The maximum Gasteiger partial charge on any atom is 0.238 e. The Balaban J connectivity index is 2.06. The topological polar surface area (TPSA) is 98.2 Å². The fraction of sp³-hybridized carbons (Fsp3) is 0.500. The summed E-state index contributed by atoms with van der Waals surface area (Å²) in [4.78, 5) is 0.0838. The van der Waals surface area contributed by atoms with Crippen molar-refractivity contribution in [1.82, 2.24) is 0 Å². The molecule has 1 heterocycles. The summed E-state index contributed by atoms with van der Waals surface area (Å²) in [5.41, 5.74) is 7.02. The van der Waals surface area contributed by atoms with Crippen LogP contribution in [0, 0.1) is 0 Å². The summed E-state index contributed by atoms with van der Waals surface area (Å²) < 4.78 is 22.6. The Morgan fingerprint density at radius 2 is 2.16 bits per heavy atom. The number of benzene rings is 1. The van der Waals surface area contributed by atoms with E-state index in [1.165, 1.54) is 37.1 Å². The molecule has 5 nitrogen and oxygen atoms in total. The van der Waals surface area contributed by atoms with E-state index < -0.39 is 10.0 Å². The molecule has 1 aromatic carbocycles. The summed E-state index contributed by atoms with van der Waals surface area (Å²) in [6, 6.07) is 4.49. The van der Waals surface area contributed by atoms with Gasteiger partial charge in [0.15, 0.2) is 0 Å². The summed E-state index contributed by atoms with van der Waals surface area (Å²) in [6.45, 7) is 0.795. The first-order valence-corrected chi connectivity index (χ1v) is 8.84. The van der Waals surface area contributed by atoms with Crippen molar-refractivity contribution >= 4 is 33.2 Å². The van der Waals surface area contributed by atoms with Crippen molar-refractivity contribution in [3.63, 3.8) is 0 Å². The largest absolute Gasteiger partial charge is 0.397 e. The average molecular weight is 301 g/mol. The number of hydrogen-bond acceptors (Lipinski definition) is 5. The quantitative estimate of drug-likeness (QED) is 0.734. The van der Waals surface area contributed by atoms with Gasteiger partial charge in [0.25, 0.3) is 0 Å². The lowest BCUT2D eigenvalue weighted by Gasteiger charge is -2.22. The Bertz CT molecular complexity index is 540. The van der Waals surface area contributed by atoms with Crippen LogP contribution in [0.15, 0.2) is 23.1 Å². The molecule has 19 heavy (non-hydrogen) atoms. The summed E-state index contributed by atoms with van der Waals surface area (Å²) in [6.07, 6.45) is 3.72. The van der Waals surface area contributed by atoms with Crippen molar-refractivity contribution in [3.05, 3.63) is 18.2 Å². The predicted octanol–water partition coefficient (Wildman–Crippen LogP) is 1.61. The highest BCUT2D eigenvalue weighted by atomic mass is 32.2. The lowest BCUT2D eigenvalue weighted by atomic mass is 10.2. The molecule has 0 aliphatic carbocycles. The molecule has 7 heteroatoms. The standard InChI is InChI=1S/C12H19N3O2S2/c13-11-5-4-10(19(14,16)17)7-12(11)15-8-9-3-1-2-6-18-9/h4-5,7,9,15H,1-3,6,8,13H2,(H2,14,16,17). The molecule has 5 N–H and O–H groups in total. The Morgan fingerprint density at radius 3 is 2.79 bits per heavy atom. The van der Waals surface area contributed by atoms with Crippen LogP contribution >= 0.6 is 11.8 Å². The predicted molar refractivity (Wildman–Crippen MR) is 80.8 cm³/mol. The Hall–Kier alpha value is -0.920. The number of nitrogens with one attached hydrogen (secondary N) is 1. The van der Waals surface area contributed by atoms with E-state index in [0.29, 0.717) is 16.6 Å².